The van der Waals surface area contributed by atoms with Crippen LogP contribution in [0.25, 0.3) is 0 Å². The van der Waals surface area contributed by atoms with E-state index in [1.165, 1.54) is 12.1 Å². The van der Waals surface area contributed by atoms with Crippen LogP contribution in [0.15, 0.2) is 24.5 Å². The highest BCUT2D eigenvalue weighted by Crippen LogP contribution is 2.19. The van der Waals surface area contributed by atoms with Crippen molar-refractivity contribution in [2.24, 2.45) is 0 Å². The van der Waals surface area contributed by atoms with Crippen molar-refractivity contribution < 1.29 is 4.92 Å². The van der Waals surface area contributed by atoms with Crippen molar-refractivity contribution in [1.29, 1.82) is 0 Å². The second kappa shape index (κ2) is 6.14. The number of nitrogens with zero attached hydrogens (tertiary/aromatic N) is 4. The molecule has 0 bridgehead atoms. The molecule has 20 heavy (non-hydrogen) atoms. The predicted octanol–water partition coefficient (Wildman–Crippen LogP) is 2.23. The summed E-state index contributed by atoms with van der Waals surface area (Å²) in [6.45, 7) is 2.97. The van der Waals surface area contributed by atoms with Gasteiger partial charge in [-0.15, -0.1) is 0 Å². The summed E-state index contributed by atoms with van der Waals surface area (Å²) in [5.41, 5.74) is 0.667. The van der Waals surface area contributed by atoms with Crippen LogP contribution in [0.3, 0.4) is 0 Å². The lowest BCUT2D eigenvalue weighted by atomic mass is 10.2. The van der Waals surface area contributed by atoms with E-state index in [0.29, 0.717) is 17.9 Å². The smallest absolute Gasteiger partial charge is 0.274 e. The minimum absolute atomic E-state index is 0.0351. The Labute approximate surface area is 116 Å². The molecule has 2 heterocycles. The molecule has 2 aromatic heterocycles. The zero-order valence-corrected chi connectivity index (χ0v) is 11.5. The van der Waals surface area contributed by atoms with Crippen molar-refractivity contribution in [1.82, 2.24) is 14.5 Å². The van der Waals surface area contributed by atoms with Gasteiger partial charge >= 0.3 is 0 Å². The van der Waals surface area contributed by atoms with E-state index in [-0.39, 0.29) is 5.69 Å². The second-order valence-electron chi connectivity index (χ2n) is 4.42. The van der Waals surface area contributed by atoms with Gasteiger partial charge < -0.3 is 9.88 Å². The molecule has 0 spiro atoms. The normalized spacial score (nSPS) is 10.5. The number of anilines is 1. The maximum absolute atomic E-state index is 10.9. The van der Waals surface area contributed by atoms with Gasteiger partial charge in [-0.25, -0.2) is 9.97 Å². The summed E-state index contributed by atoms with van der Waals surface area (Å²) in [7, 11) is 1.69. The van der Waals surface area contributed by atoms with Crippen molar-refractivity contribution in [3.8, 4) is 0 Å². The number of hydrogen-bond acceptors (Lipinski definition) is 5. The van der Waals surface area contributed by atoms with E-state index in [0.717, 1.165) is 18.8 Å². The van der Waals surface area contributed by atoms with Gasteiger partial charge in [-0.3, -0.25) is 10.1 Å². The van der Waals surface area contributed by atoms with Gasteiger partial charge in [0.2, 0.25) is 0 Å². The molecule has 0 aliphatic rings. The molecule has 0 fully saturated rings. The topological polar surface area (TPSA) is 85.9 Å². The minimum atomic E-state index is -0.412. The molecule has 106 valence electrons. The Morgan fingerprint density at radius 2 is 2.25 bits per heavy atom. The molecule has 0 unspecified atom stereocenters. The molecular formula is C13H17N5O2. The Morgan fingerprint density at radius 1 is 1.45 bits per heavy atom. The summed E-state index contributed by atoms with van der Waals surface area (Å²) in [5.74, 6) is 1.35. The molecule has 0 aliphatic heterocycles. The molecule has 0 saturated heterocycles. The van der Waals surface area contributed by atoms with Crippen LogP contribution < -0.4 is 5.32 Å². The predicted molar refractivity (Wildman–Crippen MR) is 75.8 cm³/mol. The first kappa shape index (κ1) is 14.0. The SMILES string of the molecule is CCCn1ccnc1Cc1cc([N+](=O)[O-])cc(NC)n1. The van der Waals surface area contributed by atoms with E-state index in [1.807, 2.05) is 10.8 Å². The zero-order chi connectivity index (χ0) is 14.5. The molecular weight excluding hydrogens is 258 g/mol. The molecule has 2 rings (SSSR count). The van der Waals surface area contributed by atoms with Gasteiger partial charge in [0.05, 0.1) is 16.7 Å². The molecule has 0 aliphatic carbocycles. The third-order valence-corrected chi connectivity index (χ3v) is 2.94. The molecule has 7 nitrogen and oxygen atoms in total. The largest absolute Gasteiger partial charge is 0.373 e. The molecule has 2 aromatic rings. The number of aromatic nitrogens is 3. The molecule has 1 N–H and O–H groups in total. The minimum Gasteiger partial charge on any atom is -0.373 e. The van der Waals surface area contributed by atoms with Crippen LogP contribution in [0.1, 0.15) is 24.9 Å². The van der Waals surface area contributed by atoms with E-state index in [4.69, 9.17) is 0 Å². The van der Waals surface area contributed by atoms with Gasteiger partial charge in [-0.05, 0) is 6.42 Å². The highest BCUT2D eigenvalue weighted by Gasteiger charge is 2.12. The van der Waals surface area contributed by atoms with Gasteiger partial charge in [-0.1, -0.05) is 6.92 Å². The van der Waals surface area contributed by atoms with Crippen molar-refractivity contribution in [2.75, 3.05) is 12.4 Å². The number of pyridine rings is 1. The Hall–Kier alpha value is -2.44. The van der Waals surface area contributed by atoms with Crippen molar-refractivity contribution in [2.45, 2.75) is 26.3 Å². The fraction of sp³-hybridized carbons (Fsp3) is 0.385. The number of rotatable bonds is 6. The summed E-state index contributed by atoms with van der Waals surface area (Å²) in [6.07, 6.45) is 5.13. The molecule has 0 aromatic carbocycles. The monoisotopic (exact) mass is 275 g/mol. The highest BCUT2D eigenvalue weighted by molar-refractivity contribution is 5.46. The van der Waals surface area contributed by atoms with Gasteiger partial charge in [0.15, 0.2) is 0 Å². The summed E-state index contributed by atoms with van der Waals surface area (Å²) in [4.78, 5) is 19.1. The lowest BCUT2D eigenvalue weighted by Crippen LogP contribution is -2.06. The number of aryl methyl sites for hydroxylation is 1. The van der Waals surface area contributed by atoms with Crippen molar-refractivity contribution in [3.05, 3.63) is 46.2 Å². The van der Waals surface area contributed by atoms with E-state index >= 15 is 0 Å². The van der Waals surface area contributed by atoms with Crippen LogP contribution >= 0.6 is 0 Å². The first-order valence-corrected chi connectivity index (χ1v) is 6.47. The Bertz CT molecular complexity index is 609. The van der Waals surface area contributed by atoms with Crippen LogP contribution in [0.5, 0.6) is 0 Å². The fourth-order valence-electron chi connectivity index (χ4n) is 2.01. The average molecular weight is 275 g/mol. The van der Waals surface area contributed by atoms with Crippen LogP contribution in [0, 0.1) is 10.1 Å². The fourth-order valence-corrected chi connectivity index (χ4v) is 2.01. The number of nitro groups is 1. The van der Waals surface area contributed by atoms with E-state index in [9.17, 15) is 10.1 Å². The third-order valence-electron chi connectivity index (χ3n) is 2.94. The number of imidazole rings is 1. The quantitative estimate of drug-likeness (QED) is 0.645. The summed E-state index contributed by atoms with van der Waals surface area (Å²) in [5, 5.41) is 13.8. The van der Waals surface area contributed by atoms with Crippen LogP contribution in [0.2, 0.25) is 0 Å². The number of hydrogen-bond donors (Lipinski definition) is 1. The third kappa shape index (κ3) is 3.11. The second-order valence-corrected chi connectivity index (χ2v) is 4.42. The lowest BCUT2D eigenvalue weighted by molar-refractivity contribution is -0.384. The van der Waals surface area contributed by atoms with Gasteiger partial charge in [-0.2, -0.15) is 0 Å². The first-order valence-electron chi connectivity index (χ1n) is 6.47. The van der Waals surface area contributed by atoms with E-state index < -0.39 is 4.92 Å². The maximum atomic E-state index is 10.9. The molecule has 0 radical (unpaired) electrons. The molecule has 0 saturated carbocycles. The Balaban J connectivity index is 2.30. The van der Waals surface area contributed by atoms with Gasteiger partial charge in [0, 0.05) is 38.5 Å². The van der Waals surface area contributed by atoms with E-state index in [2.05, 4.69) is 22.2 Å². The summed E-state index contributed by atoms with van der Waals surface area (Å²) < 4.78 is 2.04. The first-order chi connectivity index (χ1) is 9.63. The molecule has 0 amide bonds. The van der Waals surface area contributed by atoms with Crippen LogP contribution in [0.4, 0.5) is 11.5 Å². The summed E-state index contributed by atoms with van der Waals surface area (Å²) >= 11 is 0. The van der Waals surface area contributed by atoms with Crippen LogP contribution in [-0.2, 0) is 13.0 Å². The van der Waals surface area contributed by atoms with Crippen molar-refractivity contribution in [3.63, 3.8) is 0 Å². The molecule has 7 heteroatoms. The molecule has 0 atom stereocenters. The lowest BCUT2D eigenvalue weighted by Gasteiger charge is -2.07. The standard InChI is InChI=1S/C13H17N5O2/c1-3-5-17-6-4-15-13(17)8-10-7-11(18(19)20)9-12(14-2)16-10/h4,6-7,9H,3,5,8H2,1-2H3,(H,14,16). The van der Waals surface area contributed by atoms with Gasteiger partial charge in [0.1, 0.15) is 11.6 Å². The Kier molecular flexibility index (Phi) is 4.29. The average Bonchev–Trinajstić information content (AvgIpc) is 2.86. The highest BCUT2D eigenvalue weighted by atomic mass is 16.6. The zero-order valence-electron chi connectivity index (χ0n) is 11.5. The van der Waals surface area contributed by atoms with E-state index in [1.54, 1.807) is 13.2 Å². The van der Waals surface area contributed by atoms with Crippen LogP contribution in [-0.4, -0.2) is 26.5 Å². The summed E-state index contributed by atoms with van der Waals surface area (Å²) in [6, 6.07) is 2.91. The van der Waals surface area contributed by atoms with Gasteiger partial charge in [0.25, 0.3) is 5.69 Å². The Morgan fingerprint density at radius 3 is 2.90 bits per heavy atom. The number of nitrogens with one attached hydrogen (secondary N) is 1. The van der Waals surface area contributed by atoms with Crippen molar-refractivity contribution >= 4 is 11.5 Å². The maximum Gasteiger partial charge on any atom is 0.274 e.